The lowest BCUT2D eigenvalue weighted by Crippen LogP contribution is -2.31. The van der Waals surface area contributed by atoms with E-state index in [0.717, 1.165) is 19.4 Å². The molecule has 0 aromatic carbocycles. The molecule has 0 saturated heterocycles. The second-order valence-corrected chi connectivity index (χ2v) is 5.07. The highest BCUT2D eigenvalue weighted by atomic mass is 16.6. The summed E-state index contributed by atoms with van der Waals surface area (Å²) >= 11 is 0. The van der Waals surface area contributed by atoms with Gasteiger partial charge in [0, 0.05) is 6.54 Å². The molecule has 0 aliphatic rings. The Morgan fingerprint density at radius 1 is 1.58 bits per heavy atom. The number of aromatic nitrogens is 2. The first-order chi connectivity index (χ1) is 8.99. The maximum absolute atomic E-state index is 10.5. The molecule has 1 aromatic heterocycles. The molecule has 0 aliphatic heterocycles. The molecule has 108 valence electrons. The molecular formula is C12H22N4O3. The minimum Gasteiger partial charge on any atom is -0.390 e. The zero-order chi connectivity index (χ0) is 14.3. The largest absolute Gasteiger partial charge is 0.390 e. The van der Waals surface area contributed by atoms with Gasteiger partial charge in [-0.2, -0.15) is 5.10 Å². The lowest BCUT2D eigenvalue weighted by Gasteiger charge is -2.12. The van der Waals surface area contributed by atoms with Crippen molar-refractivity contribution in [2.24, 2.45) is 5.92 Å². The fraction of sp³-hybridized carbons (Fsp3) is 0.750. The topological polar surface area (TPSA) is 93.2 Å². The lowest BCUT2D eigenvalue weighted by atomic mass is 10.1. The average molecular weight is 270 g/mol. The molecule has 1 heterocycles. The van der Waals surface area contributed by atoms with Crippen molar-refractivity contribution in [2.75, 3.05) is 13.1 Å². The van der Waals surface area contributed by atoms with Crippen LogP contribution in [0.15, 0.2) is 12.4 Å². The van der Waals surface area contributed by atoms with Gasteiger partial charge in [0.15, 0.2) is 0 Å². The van der Waals surface area contributed by atoms with Crippen molar-refractivity contribution in [1.29, 1.82) is 0 Å². The smallest absolute Gasteiger partial charge is 0.306 e. The summed E-state index contributed by atoms with van der Waals surface area (Å²) in [7, 11) is 0. The molecule has 0 radical (unpaired) electrons. The molecule has 0 saturated carbocycles. The molecule has 0 aliphatic carbocycles. The number of nitro groups is 1. The van der Waals surface area contributed by atoms with Crippen molar-refractivity contribution >= 4 is 5.69 Å². The summed E-state index contributed by atoms with van der Waals surface area (Å²) in [5, 5.41) is 27.2. The Morgan fingerprint density at radius 3 is 2.89 bits per heavy atom. The summed E-state index contributed by atoms with van der Waals surface area (Å²) in [5.74, 6) is 0.691. The van der Waals surface area contributed by atoms with E-state index in [4.69, 9.17) is 0 Å². The van der Waals surface area contributed by atoms with E-state index >= 15 is 0 Å². The Balaban J connectivity index is 2.19. The summed E-state index contributed by atoms with van der Waals surface area (Å²) in [6, 6.07) is 0. The fourth-order valence-corrected chi connectivity index (χ4v) is 1.73. The van der Waals surface area contributed by atoms with Crippen molar-refractivity contribution in [2.45, 2.75) is 39.3 Å². The number of hydrogen-bond acceptors (Lipinski definition) is 5. The predicted octanol–water partition coefficient (Wildman–Crippen LogP) is 1.18. The van der Waals surface area contributed by atoms with Gasteiger partial charge in [0.05, 0.1) is 17.6 Å². The number of rotatable bonds is 9. The maximum atomic E-state index is 10.5. The first-order valence-corrected chi connectivity index (χ1v) is 6.54. The van der Waals surface area contributed by atoms with Gasteiger partial charge in [-0.3, -0.25) is 14.8 Å². The molecule has 1 rings (SSSR count). The first-order valence-electron chi connectivity index (χ1n) is 6.54. The summed E-state index contributed by atoms with van der Waals surface area (Å²) in [4.78, 5) is 9.98. The molecular weight excluding hydrogens is 248 g/mol. The number of nitrogens with one attached hydrogen (secondary N) is 1. The van der Waals surface area contributed by atoms with E-state index in [-0.39, 0.29) is 12.2 Å². The van der Waals surface area contributed by atoms with Crippen molar-refractivity contribution in [1.82, 2.24) is 15.1 Å². The maximum Gasteiger partial charge on any atom is 0.306 e. The molecule has 1 atom stereocenters. The van der Waals surface area contributed by atoms with Gasteiger partial charge in [-0.15, -0.1) is 0 Å². The monoisotopic (exact) mass is 270 g/mol. The van der Waals surface area contributed by atoms with Crippen LogP contribution < -0.4 is 5.32 Å². The Hall–Kier alpha value is -1.47. The zero-order valence-corrected chi connectivity index (χ0v) is 11.5. The minimum atomic E-state index is -0.599. The van der Waals surface area contributed by atoms with Crippen molar-refractivity contribution in [3.8, 4) is 0 Å². The van der Waals surface area contributed by atoms with E-state index in [1.165, 1.54) is 17.1 Å². The van der Waals surface area contributed by atoms with Crippen LogP contribution in [-0.2, 0) is 6.54 Å². The van der Waals surface area contributed by atoms with Gasteiger partial charge < -0.3 is 10.4 Å². The Kier molecular flexibility index (Phi) is 6.44. The Bertz CT molecular complexity index is 392. The lowest BCUT2D eigenvalue weighted by molar-refractivity contribution is -0.385. The molecule has 0 amide bonds. The second-order valence-electron chi connectivity index (χ2n) is 5.07. The van der Waals surface area contributed by atoms with Crippen LogP contribution in [0, 0.1) is 16.0 Å². The van der Waals surface area contributed by atoms with Crippen molar-refractivity contribution < 1.29 is 10.0 Å². The molecule has 19 heavy (non-hydrogen) atoms. The highest BCUT2D eigenvalue weighted by molar-refractivity contribution is 5.20. The molecule has 0 bridgehead atoms. The van der Waals surface area contributed by atoms with Crippen LogP contribution in [0.3, 0.4) is 0 Å². The van der Waals surface area contributed by atoms with Gasteiger partial charge in [0.1, 0.15) is 12.4 Å². The number of nitrogens with zero attached hydrogens (tertiary/aromatic N) is 3. The van der Waals surface area contributed by atoms with Gasteiger partial charge in [-0.1, -0.05) is 13.8 Å². The van der Waals surface area contributed by atoms with E-state index in [1.54, 1.807) is 0 Å². The van der Waals surface area contributed by atoms with Crippen LogP contribution in [0.4, 0.5) is 5.69 Å². The van der Waals surface area contributed by atoms with Crippen LogP contribution in [0.2, 0.25) is 0 Å². The minimum absolute atomic E-state index is 0.0582. The average Bonchev–Trinajstić information content (AvgIpc) is 2.76. The van der Waals surface area contributed by atoms with Crippen LogP contribution in [0.25, 0.3) is 0 Å². The molecule has 2 N–H and O–H groups in total. The van der Waals surface area contributed by atoms with Gasteiger partial charge in [0.2, 0.25) is 0 Å². The summed E-state index contributed by atoms with van der Waals surface area (Å²) in [5.41, 5.74) is -0.0582. The van der Waals surface area contributed by atoms with Crippen molar-refractivity contribution in [3.63, 3.8) is 0 Å². The quantitative estimate of drug-likeness (QED) is 0.399. The van der Waals surface area contributed by atoms with Gasteiger partial charge in [-0.25, -0.2) is 0 Å². The summed E-state index contributed by atoms with van der Waals surface area (Å²) in [6.07, 6.45) is 4.15. The van der Waals surface area contributed by atoms with Crippen molar-refractivity contribution in [3.05, 3.63) is 22.5 Å². The second kappa shape index (κ2) is 7.85. The van der Waals surface area contributed by atoms with Crippen LogP contribution in [0.5, 0.6) is 0 Å². The van der Waals surface area contributed by atoms with Gasteiger partial charge in [-0.05, 0) is 25.3 Å². The summed E-state index contributed by atoms with van der Waals surface area (Å²) in [6.45, 7) is 5.95. The first kappa shape index (κ1) is 15.6. The number of aliphatic hydroxyl groups is 1. The van der Waals surface area contributed by atoms with E-state index in [1.807, 2.05) is 0 Å². The van der Waals surface area contributed by atoms with Crippen LogP contribution in [0.1, 0.15) is 26.7 Å². The molecule has 7 heteroatoms. The normalized spacial score (nSPS) is 12.8. The third-order valence-electron chi connectivity index (χ3n) is 2.74. The Labute approximate surface area is 112 Å². The molecule has 1 aromatic rings. The zero-order valence-electron chi connectivity index (χ0n) is 11.5. The molecule has 7 nitrogen and oxygen atoms in total. The molecule has 0 fully saturated rings. The van der Waals surface area contributed by atoms with E-state index in [9.17, 15) is 15.2 Å². The van der Waals surface area contributed by atoms with E-state index < -0.39 is 11.0 Å². The molecule has 1 unspecified atom stereocenters. The highest BCUT2D eigenvalue weighted by Gasteiger charge is 2.11. The third-order valence-corrected chi connectivity index (χ3v) is 2.74. The van der Waals surface area contributed by atoms with Crippen LogP contribution >= 0.6 is 0 Å². The van der Waals surface area contributed by atoms with Gasteiger partial charge in [0.25, 0.3) is 0 Å². The van der Waals surface area contributed by atoms with Gasteiger partial charge >= 0.3 is 5.69 Å². The molecule has 0 spiro atoms. The van der Waals surface area contributed by atoms with Crippen LogP contribution in [-0.4, -0.2) is 39.0 Å². The fourth-order valence-electron chi connectivity index (χ4n) is 1.73. The summed E-state index contributed by atoms with van der Waals surface area (Å²) < 4.78 is 1.39. The predicted molar refractivity (Wildman–Crippen MR) is 71.8 cm³/mol. The number of aliphatic hydroxyl groups excluding tert-OH is 1. The SMILES string of the molecule is CC(C)CCCNCC(O)Cn1cc([N+](=O)[O-])cn1. The van der Waals surface area contributed by atoms with E-state index in [2.05, 4.69) is 24.3 Å². The Morgan fingerprint density at radius 2 is 2.32 bits per heavy atom. The number of hydrogen-bond donors (Lipinski definition) is 2. The van der Waals surface area contributed by atoms with E-state index in [0.29, 0.717) is 12.5 Å². The standard InChI is InChI=1S/C12H22N4O3/c1-10(2)4-3-5-13-7-12(17)9-15-8-11(6-14-15)16(18)19/h6,8,10,12-13,17H,3-5,7,9H2,1-2H3. The third kappa shape index (κ3) is 6.30. The highest BCUT2D eigenvalue weighted by Crippen LogP contribution is 2.08.